The van der Waals surface area contributed by atoms with E-state index in [1.165, 1.54) is 12.8 Å². The van der Waals surface area contributed by atoms with E-state index in [0.717, 1.165) is 43.1 Å². The lowest BCUT2D eigenvalue weighted by Gasteiger charge is -2.34. The SMILES string of the molecule is C[S@](=O)c1ccc(NC(=O)N2CCC([C@@H]3CCCO3)CC2)cc1. The van der Waals surface area contributed by atoms with Crippen molar-refractivity contribution < 1.29 is 13.7 Å². The summed E-state index contributed by atoms with van der Waals surface area (Å²) >= 11 is 0. The molecule has 3 rings (SSSR count). The van der Waals surface area contributed by atoms with E-state index in [4.69, 9.17) is 4.74 Å². The number of nitrogens with one attached hydrogen (secondary N) is 1. The Balaban J connectivity index is 1.50. The Morgan fingerprint density at radius 3 is 2.48 bits per heavy atom. The quantitative estimate of drug-likeness (QED) is 0.923. The fraction of sp³-hybridized carbons (Fsp3) is 0.588. The van der Waals surface area contributed by atoms with Gasteiger partial charge in [0.25, 0.3) is 0 Å². The van der Waals surface area contributed by atoms with Crippen molar-refractivity contribution in [3.8, 4) is 0 Å². The Bertz CT molecular complexity index is 562. The second kappa shape index (κ2) is 7.45. The molecule has 0 saturated carbocycles. The van der Waals surface area contributed by atoms with E-state index < -0.39 is 10.8 Å². The Morgan fingerprint density at radius 1 is 1.22 bits per heavy atom. The molecule has 2 aliphatic heterocycles. The number of hydrogen-bond donors (Lipinski definition) is 1. The Labute approximate surface area is 139 Å². The molecule has 0 aliphatic carbocycles. The van der Waals surface area contributed by atoms with Gasteiger partial charge in [-0.1, -0.05) is 0 Å². The fourth-order valence-corrected chi connectivity index (χ4v) is 3.90. The van der Waals surface area contributed by atoms with Crippen LogP contribution in [-0.2, 0) is 15.5 Å². The summed E-state index contributed by atoms with van der Waals surface area (Å²) in [5, 5.41) is 2.92. The number of benzene rings is 1. The lowest BCUT2D eigenvalue weighted by atomic mass is 9.90. The molecule has 2 heterocycles. The maximum absolute atomic E-state index is 12.3. The van der Waals surface area contributed by atoms with E-state index >= 15 is 0 Å². The Morgan fingerprint density at radius 2 is 1.91 bits per heavy atom. The molecule has 0 aromatic heterocycles. The van der Waals surface area contributed by atoms with Crippen molar-refractivity contribution in [3.05, 3.63) is 24.3 Å². The highest BCUT2D eigenvalue weighted by molar-refractivity contribution is 7.84. The number of carbonyl (C=O) groups is 1. The standard InChI is InChI=1S/C17H24N2O3S/c1-23(21)15-6-4-14(5-7-15)18-17(20)19-10-8-13(9-11-19)16-3-2-12-22-16/h4-7,13,16H,2-3,8-12H2,1H3,(H,18,20)/t16-,23-/m0/s1. The molecule has 1 N–H and O–H groups in total. The molecule has 0 bridgehead atoms. The number of rotatable bonds is 3. The van der Waals surface area contributed by atoms with Crippen molar-refractivity contribution in [1.82, 2.24) is 4.90 Å². The molecule has 2 atom stereocenters. The highest BCUT2D eigenvalue weighted by atomic mass is 32.2. The third-order valence-corrected chi connectivity index (χ3v) is 5.69. The summed E-state index contributed by atoms with van der Waals surface area (Å²) in [6.07, 6.45) is 6.43. The number of amides is 2. The van der Waals surface area contributed by atoms with Crippen LogP contribution in [0.15, 0.2) is 29.2 Å². The molecule has 0 spiro atoms. The monoisotopic (exact) mass is 336 g/mol. The van der Waals surface area contributed by atoms with Crippen molar-refractivity contribution in [1.29, 1.82) is 0 Å². The zero-order chi connectivity index (χ0) is 16.2. The molecule has 6 heteroatoms. The average Bonchev–Trinajstić information content (AvgIpc) is 3.10. The van der Waals surface area contributed by atoms with Gasteiger partial charge in [0.2, 0.25) is 0 Å². The third-order valence-electron chi connectivity index (χ3n) is 4.76. The van der Waals surface area contributed by atoms with Crippen LogP contribution in [0.2, 0.25) is 0 Å². The van der Waals surface area contributed by atoms with Gasteiger partial charge in [-0.05, 0) is 55.9 Å². The van der Waals surface area contributed by atoms with Gasteiger partial charge in [-0.25, -0.2) is 4.79 Å². The van der Waals surface area contributed by atoms with Gasteiger partial charge in [-0.3, -0.25) is 4.21 Å². The first-order valence-electron chi connectivity index (χ1n) is 8.24. The second-order valence-electron chi connectivity index (χ2n) is 6.28. The maximum Gasteiger partial charge on any atom is 0.321 e. The summed E-state index contributed by atoms with van der Waals surface area (Å²) in [4.78, 5) is 15.0. The number of likely N-dealkylation sites (tertiary alicyclic amines) is 1. The van der Waals surface area contributed by atoms with E-state index in [1.54, 1.807) is 30.5 Å². The van der Waals surface area contributed by atoms with E-state index in [1.807, 2.05) is 4.90 Å². The van der Waals surface area contributed by atoms with Crippen LogP contribution in [0.25, 0.3) is 0 Å². The molecular formula is C17H24N2O3S. The van der Waals surface area contributed by atoms with Gasteiger partial charge in [0.05, 0.1) is 6.10 Å². The zero-order valence-electron chi connectivity index (χ0n) is 13.5. The predicted octanol–water partition coefficient (Wildman–Crippen LogP) is 2.85. The highest BCUT2D eigenvalue weighted by Crippen LogP contribution is 2.29. The van der Waals surface area contributed by atoms with Gasteiger partial charge in [0, 0.05) is 47.3 Å². The van der Waals surface area contributed by atoms with Crippen LogP contribution in [0.5, 0.6) is 0 Å². The number of urea groups is 1. The minimum atomic E-state index is -0.995. The molecule has 2 amide bonds. The molecule has 0 radical (unpaired) electrons. The molecule has 5 nitrogen and oxygen atoms in total. The van der Waals surface area contributed by atoms with Crippen LogP contribution in [-0.4, -0.2) is 47.2 Å². The molecule has 126 valence electrons. The molecule has 2 fully saturated rings. The van der Waals surface area contributed by atoms with Gasteiger partial charge in [0.1, 0.15) is 0 Å². The molecule has 2 aliphatic rings. The van der Waals surface area contributed by atoms with E-state index in [0.29, 0.717) is 12.0 Å². The first-order chi connectivity index (χ1) is 11.1. The van der Waals surface area contributed by atoms with Crippen LogP contribution in [0, 0.1) is 5.92 Å². The van der Waals surface area contributed by atoms with Gasteiger partial charge in [-0.15, -0.1) is 0 Å². The largest absolute Gasteiger partial charge is 0.378 e. The smallest absolute Gasteiger partial charge is 0.321 e. The van der Waals surface area contributed by atoms with Gasteiger partial charge >= 0.3 is 6.03 Å². The third kappa shape index (κ3) is 4.12. The van der Waals surface area contributed by atoms with Crippen LogP contribution in [0.3, 0.4) is 0 Å². The number of carbonyl (C=O) groups excluding carboxylic acids is 1. The molecule has 1 aromatic carbocycles. The fourth-order valence-electron chi connectivity index (χ4n) is 3.38. The van der Waals surface area contributed by atoms with Crippen LogP contribution >= 0.6 is 0 Å². The molecule has 23 heavy (non-hydrogen) atoms. The molecule has 1 aromatic rings. The minimum absolute atomic E-state index is 0.0545. The second-order valence-corrected chi connectivity index (χ2v) is 7.66. The predicted molar refractivity (Wildman–Crippen MR) is 91.1 cm³/mol. The van der Waals surface area contributed by atoms with Crippen molar-refractivity contribution in [2.75, 3.05) is 31.3 Å². The molecular weight excluding hydrogens is 312 g/mol. The Kier molecular flexibility index (Phi) is 5.33. The van der Waals surface area contributed by atoms with Gasteiger partial charge in [0.15, 0.2) is 0 Å². The van der Waals surface area contributed by atoms with Crippen molar-refractivity contribution >= 4 is 22.5 Å². The summed E-state index contributed by atoms with van der Waals surface area (Å²) in [7, 11) is -0.995. The van der Waals surface area contributed by atoms with Crippen LogP contribution in [0.4, 0.5) is 10.5 Å². The van der Waals surface area contributed by atoms with Crippen molar-refractivity contribution in [2.45, 2.75) is 36.7 Å². The van der Waals surface area contributed by atoms with Crippen molar-refractivity contribution in [3.63, 3.8) is 0 Å². The van der Waals surface area contributed by atoms with E-state index in [9.17, 15) is 9.00 Å². The number of nitrogens with zero attached hydrogens (tertiary/aromatic N) is 1. The van der Waals surface area contributed by atoms with E-state index in [-0.39, 0.29) is 6.03 Å². The first kappa shape index (κ1) is 16.5. The van der Waals surface area contributed by atoms with Crippen LogP contribution in [0.1, 0.15) is 25.7 Å². The number of anilines is 1. The first-order valence-corrected chi connectivity index (χ1v) is 9.80. The number of piperidine rings is 1. The number of hydrogen-bond acceptors (Lipinski definition) is 3. The lowest BCUT2D eigenvalue weighted by Crippen LogP contribution is -2.43. The van der Waals surface area contributed by atoms with Gasteiger partial charge < -0.3 is 15.0 Å². The summed E-state index contributed by atoms with van der Waals surface area (Å²) < 4.78 is 17.1. The average molecular weight is 336 g/mol. The highest BCUT2D eigenvalue weighted by Gasteiger charge is 2.30. The minimum Gasteiger partial charge on any atom is -0.378 e. The number of ether oxygens (including phenoxy) is 1. The normalized spacial score (nSPS) is 23.7. The topological polar surface area (TPSA) is 58.6 Å². The summed E-state index contributed by atoms with van der Waals surface area (Å²) in [6.45, 7) is 2.46. The summed E-state index contributed by atoms with van der Waals surface area (Å²) in [5.41, 5.74) is 0.741. The Hall–Kier alpha value is -1.40. The zero-order valence-corrected chi connectivity index (χ0v) is 14.3. The molecule has 2 saturated heterocycles. The maximum atomic E-state index is 12.3. The van der Waals surface area contributed by atoms with E-state index in [2.05, 4.69) is 5.32 Å². The molecule has 0 unspecified atom stereocenters. The van der Waals surface area contributed by atoms with Crippen LogP contribution < -0.4 is 5.32 Å². The lowest BCUT2D eigenvalue weighted by molar-refractivity contribution is 0.0382. The summed E-state index contributed by atoms with van der Waals surface area (Å²) in [5.74, 6) is 0.598. The van der Waals surface area contributed by atoms with Gasteiger partial charge in [-0.2, -0.15) is 0 Å². The van der Waals surface area contributed by atoms with Crippen molar-refractivity contribution in [2.24, 2.45) is 5.92 Å². The summed E-state index contributed by atoms with van der Waals surface area (Å²) in [6, 6.07) is 7.12.